The first-order chi connectivity index (χ1) is 15.1. The molecule has 0 bridgehead atoms. The van der Waals surface area contributed by atoms with Gasteiger partial charge in [0.2, 0.25) is 6.41 Å². The van der Waals surface area contributed by atoms with Gasteiger partial charge in [0.1, 0.15) is 11.9 Å². The van der Waals surface area contributed by atoms with Gasteiger partial charge in [-0.15, -0.1) is 0 Å². The van der Waals surface area contributed by atoms with Crippen molar-refractivity contribution in [2.75, 3.05) is 5.32 Å². The first kappa shape index (κ1) is 24.1. The molecule has 1 aromatic carbocycles. The summed E-state index contributed by atoms with van der Waals surface area (Å²) in [5.41, 5.74) is 1.62. The third-order valence-electron chi connectivity index (χ3n) is 5.37. The monoisotopic (exact) mass is 444 g/mol. The van der Waals surface area contributed by atoms with Gasteiger partial charge in [-0.1, -0.05) is 30.3 Å². The quantitative estimate of drug-likeness (QED) is 0.525. The number of nitrogens with zero attached hydrogens (tertiary/aromatic N) is 2. The van der Waals surface area contributed by atoms with Gasteiger partial charge in [0.25, 0.3) is 0 Å². The number of aliphatic hydroxyl groups is 1. The molecule has 1 aliphatic rings. The fourth-order valence-electron chi connectivity index (χ4n) is 3.87. The summed E-state index contributed by atoms with van der Waals surface area (Å²) in [5.74, 6) is 0.883. The van der Waals surface area contributed by atoms with Crippen LogP contribution >= 0.6 is 0 Å². The van der Waals surface area contributed by atoms with E-state index in [4.69, 9.17) is 14.6 Å². The molecule has 3 rings (SSSR count). The van der Waals surface area contributed by atoms with Crippen molar-refractivity contribution in [1.29, 1.82) is 0 Å². The van der Waals surface area contributed by atoms with E-state index in [0.29, 0.717) is 12.4 Å². The highest BCUT2D eigenvalue weighted by Gasteiger charge is 2.32. The summed E-state index contributed by atoms with van der Waals surface area (Å²) in [5, 5.41) is 21.0. The molecule has 1 fully saturated rings. The SMILES string of the molecule is CC(C)NC(=O)O[C@@H]1CC[C@H](c2cc(NC(O)OCc3ccccc3)n(C(C)(C)C)n2)C1. The largest absolute Gasteiger partial charge is 0.446 e. The Kier molecular flexibility index (Phi) is 7.79. The summed E-state index contributed by atoms with van der Waals surface area (Å²) in [7, 11) is 0. The minimum absolute atomic E-state index is 0.0476. The Bertz CT molecular complexity index is 876. The molecule has 1 heterocycles. The Morgan fingerprint density at radius 3 is 2.62 bits per heavy atom. The molecule has 3 N–H and O–H groups in total. The highest BCUT2D eigenvalue weighted by Crippen LogP contribution is 2.37. The van der Waals surface area contributed by atoms with E-state index < -0.39 is 6.41 Å². The van der Waals surface area contributed by atoms with Gasteiger partial charge in [0.15, 0.2) is 0 Å². The lowest BCUT2D eigenvalue weighted by atomic mass is 10.0. The average Bonchev–Trinajstić information content (AvgIpc) is 3.33. The molecule has 0 saturated heterocycles. The topological polar surface area (TPSA) is 97.6 Å². The summed E-state index contributed by atoms with van der Waals surface area (Å²) in [6.45, 7) is 10.3. The van der Waals surface area contributed by atoms with Crippen LogP contribution in [0.4, 0.5) is 10.6 Å². The number of aromatic nitrogens is 2. The Labute approximate surface area is 190 Å². The van der Waals surface area contributed by atoms with Gasteiger partial charge >= 0.3 is 6.09 Å². The molecule has 176 valence electrons. The number of alkyl carbamates (subject to hydrolysis) is 1. The fourth-order valence-corrected chi connectivity index (χ4v) is 3.87. The zero-order valence-corrected chi connectivity index (χ0v) is 19.7. The van der Waals surface area contributed by atoms with Crippen molar-refractivity contribution in [1.82, 2.24) is 15.1 Å². The molecule has 1 aromatic heterocycles. The summed E-state index contributed by atoms with van der Waals surface area (Å²) in [6.07, 6.45) is 0.790. The maximum Gasteiger partial charge on any atom is 0.407 e. The molecule has 1 unspecified atom stereocenters. The number of amides is 1. The lowest BCUT2D eigenvalue weighted by Crippen LogP contribution is -2.33. The van der Waals surface area contributed by atoms with Gasteiger partial charge in [-0.2, -0.15) is 5.10 Å². The minimum Gasteiger partial charge on any atom is -0.446 e. The van der Waals surface area contributed by atoms with Crippen molar-refractivity contribution in [2.45, 2.75) is 90.5 Å². The number of nitrogens with one attached hydrogen (secondary N) is 2. The van der Waals surface area contributed by atoms with Crippen molar-refractivity contribution in [3.63, 3.8) is 0 Å². The van der Waals surface area contributed by atoms with E-state index in [1.54, 1.807) is 0 Å². The van der Waals surface area contributed by atoms with Crippen molar-refractivity contribution in [3.8, 4) is 0 Å². The Morgan fingerprint density at radius 1 is 1.25 bits per heavy atom. The molecule has 0 radical (unpaired) electrons. The second kappa shape index (κ2) is 10.4. The van der Waals surface area contributed by atoms with E-state index >= 15 is 0 Å². The van der Waals surface area contributed by atoms with E-state index in [0.717, 1.165) is 30.5 Å². The van der Waals surface area contributed by atoms with Crippen molar-refractivity contribution in [3.05, 3.63) is 47.7 Å². The highest BCUT2D eigenvalue weighted by atomic mass is 16.6. The Hall–Kier alpha value is -2.58. The Balaban J connectivity index is 1.64. The maximum atomic E-state index is 11.9. The second-order valence-electron chi connectivity index (χ2n) is 9.67. The molecule has 0 aliphatic heterocycles. The molecule has 1 amide bonds. The first-order valence-corrected chi connectivity index (χ1v) is 11.3. The first-order valence-electron chi connectivity index (χ1n) is 11.3. The molecule has 8 nitrogen and oxygen atoms in total. The number of ether oxygens (including phenoxy) is 2. The van der Waals surface area contributed by atoms with Gasteiger partial charge in [-0.05, 0) is 59.4 Å². The van der Waals surface area contributed by atoms with Gasteiger partial charge in [-0.3, -0.25) is 0 Å². The molecular formula is C24H36N4O4. The summed E-state index contributed by atoms with van der Waals surface area (Å²) in [6, 6.07) is 11.7. The van der Waals surface area contributed by atoms with Crippen LogP contribution in [0.2, 0.25) is 0 Å². The second-order valence-corrected chi connectivity index (χ2v) is 9.67. The molecule has 0 spiro atoms. The predicted octanol–water partition coefficient (Wildman–Crippen LogP) is 4.31. The van der Waals surface area contributed by atoms with E-state index in [9.17, 15) is 9.90 Å². The Morgan fingerprint density at radius 2 is 1.97 bits per heavy atom. The van der Waals surface area contributed by atoms with Gasteiger partial charge in [0, 0.05) is 18.0 Å². The minimum atomic E-state index is -1.17. The van der Waals surface area contributed by atoms with Crippen LogP contribution in [0.25, 0.3) is 0 Å². The van der Waals surface area contributed by atoms with Crippen LogP contribution in [0.1, 0.15) is 71.1 Å². The van der Waals surface area contributed by atoms with Crippen molar-refractivity contribution >= 4 is 11.9 Å². The van der Waals surface area contributed by atoms with Crippen LogP contribution in [0.5, 0.6) is 0 Å². The number of hydrogen-bond donors (Lipinski definition) is 3. The van der Waals surface area contributed by atoms with Crippen LogP contribution in [0, 0.1) is 0 Å². The van der Waals surface area contributed by atoms with Crippen LogP contribution in [-0.4, -0.2) is 39.5 Å². The number of anilines is 1. The lowest BCUT2D eigenvalue weighted by Gasteiger charge is -2.24. The molecule has 32 heavy (non-hydrogen) atoms. The maximum absolute atomic E-state index is 11.9. The normalized spacial score (nSPS) is 19.7. The summed E-state index contributed by atoms with van der Waals surface area (Å²) >= 11 is 0. The van der Waals surface area contributed by atoms with E-state index in [2.05, 4.69) is 31.4 Å². The lowest BCUT2D eigenvalue weighted by molar-refractivity contribution is -0.0877. The van der Waals surface area contributed by atoms with Crippen molar-refractivity contribution < 1.29 is 19.4 Å². The molecule has 8 heteroatoms. The molecule has 3 atom stereocenters. The van der Waals surface area contributed by atoms with Crippen LogP contribution < -0.4 is 10.6 Å². The standard InChI is InChI=1S/C24H36N4O4/c1-16(2)25-23(30)32-19-12-11-18(13-19)20-14-21(28(27-20)24(3,4)5)26-22(29)31-15-17-9-7-6-8-10-17/h6-10,14,16,18-19,22,26,29H,11-13,15H2,1-5H3,(H,25,30)/t18-,19+,22?/m0/s1. The number of carbonyl (C=O) groups is 1. The van der Waals surface area contributed by atoms with Crippen LogP contribution in [0.3, 0.4) is 0 Å². The number of carbonyl (C=O) groups excluding carboxylic acids is 1. The number of rotatable bonds is 8. The zero-order valence-electron chi connectivity index (χ0n) is 19.7. The van der Waals surface area contributed by atoms with Crippen LogP contribution in [0.15, 0.2) is 36.4 Å². The van der Waals surface area contributed by atoms with Crippen molar-refractivity contribution in [2.24, 2.45) is 0 Å². The predicted molar refractivity (Wildman–Crippen MR) is 123 cm³/mol. The molecular weight excluding hydrogens is 408 g/mol. The number of aliphatic hydroxyl groups excluding tert-OH is 1. The van der Waals surface area contributed by atoms with E-state index in [1.165, 1.54) is 0 Å². The average molecular weight is 445 g/mol. The molecule has 2 aromatic rings. The van der Waals surface area contributed by atoms with Gasteiger partial charge < -0.3 is 25.2 Å². The highest BCUT2D eigenvalue weighted by molar-refractivity contribution is 5.67. The third-order valence-corrected chi connectivity index (χ3v) is 5.37. The summed E-state index contributed by atoms with van der Waals surface area (Å²) in [4.78, 5) is 11.9. The van der Waals surface area contributed by atoms with Gasteiger partial charge in [-0.25, -0.2) is 9.48 Å². The third kappa shape index (κ3) is 6.71. The van der Waals surface area contributed by atoms with E-state index in [-0.39, 0.29) is 29.7 Å². The van der Waals surface area contributed by atoms with Crippen LogP contribution in [-0.2, 0) is 21.6 Å². The summed E-state index contributed by atoms with van der Waals surface area (Å²) < 4.78 is 13.0. The van der Waals surface area contributed by atoms with Gasteiger partial charge in [0.05, 0.1) is 17.8 Å². The molecule has 1 aliphatic carbocycles. The molecule has 1 saturated carbocycles. The van der Waals surface area contributed by atoms with E-state index in [1.807, 2.05) is 54.9 Å². The smallest absolute Gasteiger partial charge is 0.407 e. The number of benzene rings is 1. The zero-order chi connectivity index (χ0) is 23.3. The number of hydrogen-bond acceptors (Lipinski definition) is 6. The fraction of sp³-hybridized carbons (Fsp3) is 0.583.